The van der Waals surface area contributed by atoms with Gasteiger partial charge in [-0.3, -0.25) is 9.69 Å². The summed E-state index contributed by atoms with van der Waals surface area (Å²) in [6.07, 6.45) is 2.89. The van der Waals surface area contributed by atoms with Crippen molar-refractivity contribution in [3.05, 3.63) is 0 Å². The van der Waals surface area contributed by atoms with Crippen molar-refractivity contribution in [2.24, 2.45) is 5.73 Å². The predicted octanol–water partition coefficient (Wildman–Crippen LogP) is -0.0493. The summed E-state index contributed by atoms with van der Waals surface area (Å²) < 4.78 is 5.37. The monoisotopic (exact) mass is 243 g/mol. The lowest BCUT2D eigenvalue weighted by molar-refractivity contribution is -0.121. The standard InChI is InChI=1S/C12H25N3O2/c1-3-14-12(16)5-7-15-6-4-11(17-2)8-10(15)9-13/h10-11H,3-9,13H2,1-2H3,(H,14,16). The number of nitrogens with zero attached hydrogens (tertiary/aromatic N) is 1. The first-order chi connectivity index (χ1) is 8.21. The van der Waals surface area contributed by atoms with Crippen LogP contribution in [0.25, 0.3) is 0 Å². The third-order valence-corrected chi connectivity index (χ3v) is 3.40. The molecule has 0 saturated carbocycles. The van der Waals surface area contributed by atoms with E-state index in [2.05, 4.69) is 10.2 Å². The van der Waals surface area contributed by atoms with Crippen molar-refractivity contribution < 1.29 is 9.53 Å². The van der Waals surface area contributed by atoms with Crippen LogP contribution in [0.5, 0.6) is 0 Å². The molecular formula is C12H25N3O2. The molecule has 1 heterocycles. The minimum absolute atomic E-state index is 0.122. The number of piperidine rings is 1. The summed E-state index contributed by atoms with van der Waals surface area (Å²) in [7, 11) is 1.75. The molecule has 1 amide bonds. The van der Waals surface area contributed by atoms with Crippen molar-refractivity contribution in [3.63, 3.8) is 0 Å². The number of carbonyl (C=O) groups excluding carboxylic acids is 1. The number of methoxy groups -OCH3 is 1. The Morgan fingerprint density at radius 3 is 2.94 bits per heavy atom. The molecule has 5 heteroatoms. The number of rotatable bonds is 6. The number of hydrogen-bond acceptors (Lipinski definition) is 4. The molecule has 1 aliphatic rings. The highest BCUT2D eigenvalue weighted by Gasteiger charge is 2.27. The van der Waals surface area contributed by atoms with E-state index in [0.717, 1.165) is 25.9 Å². The maximum absolute atomic E-state index is 11.4. The summed E-state index contributed by atoms with van der Waals surface area (Å²) in [5, 5.41) is 2.82. The number of hydrogen-bond donors (Lipinski definition) is 2. The van der Waals surface area contributed by atoms with E-state index < -0.39 is 0 Å². The SMILES string of the molecule is CCNC(=O)CCN1CCC(OC)CC1CN. The zero-order valence-electron chi connectivity index (χ0n) is 10.9. The largest absolute Gasteiger partial charge is 0.381 e. The van der Waals surface area contributed by atoms with Gasteiger partial charge in [-0.15, -0.1) is 0 Å². The van der Waals surface area contributed by atoms with E-state index >= 15 is 0 Å². The Morgan fingerprint density at radius 2 is 2.35 bits per heavy atom. The second-order valence-electron chi connectivity index (χ2n) is 4.51. The van der Waals surface area contributed by atoms with Crippen LogP contribution in [0.2, 0.25) is 0 Å². The zero-order chi connectivity index (χ0) is 12.7. The second kappa shape index (κ2) is 7.63. The third kappa shape index (κ3) is 4.61. The van der Waals surface area contributed by atoms with Gasteiger partial charge in [0, 0.05) is 45.8 Å². The van der Waals surface area contributed by atoms with Crippen molar-refractivity contribution in [1.29, 1.82) is 0 Å². The first-order valence-electron chi connectivity index (χ1n) is 6.44. The average Bonchev–Trinajstić information content (AvgIpc) is 2.36. The van der Waals surface area contributed by atoms with E-state index in [1.165, 1.54) is 0 Å². The van der Waals surface area contributed by atoms with Gasteiger partial charge in [-0.25, -0.2) is 0 Å². The molecule has 1 fully saturated rings. The summed E-state index contributed by atoms with van der Waals surface area (Å²) in [6, 6.07) is 0.350. The Hall–Kier alpha value is -0.650. The summed E-state index contributed by atoms with van der Waals surface area (Å²) in [5.74, 6) is 0.122. The number of carbonyl (C=O) groups is 1. The normalized spacial score (nSPS) is 25.8. The first kappa shape index (κ1) is 14.4. The molecule has 1 rings (SSSR count). The lowest BCUT2D eigenvalue weighted by Gasteiger charge is -2.38. The number of ether oxygens (including phenoxy) is 1. The number of amides is 1. The van der Waals surface area contributed by atoms with Crippen LogP contribution in [-0.2, 0) is 9.53 Å². The molecule has 100 valence electrons. The van der Waals surface area contributed by atoms with Crippen LogP contribution in [0, 0.1) is 0 Å². The van der Waals surface area contributed by atoms with Crippen molar-refractivity contribution in [1.82, 2.24) is 10.2 Å². The molecule has 17 heavy (non-hydrogen) atoms. The van der Waals surface area contributed by atoms with Crippen LogP contribution in [0.15, 0.2) is 0 Å². The molecular weight excluding hydrogens is 218 g/mol. The molecule has 3 N–H and O–H groups in total. The molecule has 2 atom stereocenters. The molecule has 0 bridgehead atoms. The van der Waals surface area contributed by atoms with E-state index in [9.17, 15) is 4.79 Å². The molecule has 1 aliphatic heterocycles. The smallest absolute Gasteiger partial charge is 0.221 e. The summed E-state index contributed by atoms with van der Waals surface area (Å²) in [4.78, 5) is 13.7. The highest BCUT2D eigenvalue weighted by Crippen LogP contribution is 2.19. The van der Waals surface area contributed by atoms with Gasteiger partial charge in [-0.05, 0) is 19.8 Å². The lowest BCUT2D eigenvalue weighted by Crippen LogP contribution is -2.49. The van der Waals surface area contributed by atoms with E-state index in [-0.39, 0.29) is 5.91 Å². The van der Waals surface area contributed by atoms with E-state index in [1.807, 2.05) is 6.92 Å². The second-order valence-corrected chi connectivity index (χ2v) is 4.51. The summed E-state index contributed by atoms with van der Waals surface area (Å²) in [5.41, 5.74) is 5.78. The topological polar surface area (TPSA) is 67.6 Å². The van der Waals surface area contributed by atoms with Crippen molar-refractivity contribution in [3.8, 4) is 0 Å². The van der Waals surface area contributed by atoms with Crippen LogP contribution in [0.1, 0.15) is 26.2 Å². The van der Waals surface area contributed by atoms with Gasteiger partial charge in [0.15, 0.2) is 0 Å². The number of likely N-dealkylation sites (tertiary alicyclic amines) is 1. The van der Waals surface area contributed by atoms with Gasteiger partial charge >= 0.3 is 0 Å². The summed E-state index contributed by atoms with van der Waals surface area (Å²) in [6.45, 7) is 5.04. The average molecular weight is 243 g/mol. The van der Waals surface area contributed by atoms with Crippen LogP contribution in [0.4, 0.5) is 0 Å². The van der Waals surface area contributed by atoms with Crippen LogP contribution >= 0.6 is 0 Å². The Kier molecular flexibility index (Phi) is 6.47. The fraction of sp³-hybridized carbons (Fsp3) is 0.917. The molecule has 1 saturated heterocycles. The predicted molar refractivity (Wildman–Crippen MR) is 67.7 cm³/mol. The Labute approximate surface area is 104 Å². The maximum atomic E-state index is 11.4. The maximum Gasteiger partial charge on any atom is 0.221 e. The van der Waals surface area contributed by atoms with Crippen molar-refractivity contribution in [2.75, 3.05) is 33.3 Å². The van der Waals surface area contributed by atoms with E-state index in [1.54, 1.807) is 7.11 Å². The molecule has 0 aromatic rings. The molecule has 5 nitrogen and oxygen atoms in total. The van der Waals surface area contributed by atoms with Crippen molar-refractivity contribution >= 4 is 5.91 Å². The molecule has 2 unspecified atom stereocenters. The number of nitrogens with two attached hydrogens (primary N) is 1. The zero-order valence-corrected chi connectivity index (χ0v) is 10.9. The Morgan fingerprint density at radius 1 is 1.59 bits per heavy atom. The highest BCUT2D eigenvalue weighted by molar-refractivity contribution is 5.75. The minimum Gasteiger partial charge on any atom is -0.381 e. The van der Waals surface area contributed by atoms with E-state index in [0.29, 0.717) is 31.7 Å². The Balaban J connectivity index is 2.34. The molecule has 0 radical (unpaired) electrons. The third-order valence-electron chi connectivity index (χ3n) is 3.40. The lowest BCUT2D eigenvalue weighted by atomic mass is 9.99. The van der Waals surface area contributed by atoms with Crippen molar-refractivity contribution in [2.45, 2.75) is 38.3 Å². The fourth-order valence-corrected chi connectivity index (χ4v) is 2.35. The van der Waals surface area contributed by atoms with Crippen LogP contribution in [0.3, 0.4) is 0 Å². The van der Waals surface area contributed by atoms with Gasteiger partial charge in [0.1, 0.15) is 0 Å². The first-order valence-corrected chi connectivity index (χ1v) is 6.44. The van der Waals surface area contributed by atoms with Gasteiger partial charge < -0.3 is 15.8 Å². The quantitative estimate of drug-likeness (QED) is 0.686. The van der Waals surface area contributed by atoms with Gasteiger partial charge in [0.2, 0.25) is 5.91 Å². The van der Waals surface area contributed by atoms with Gasteiger partial charge in [-0.1, -0.05) is 0 Å². The minimum atomic E-state index is 0.122. The van der Waals surface area contributed by atoms with Gasteiger partial charge in [0.05, 0.1) is 6.10 Å². The molecule has 0 aliphatic carbocycles. The Bertz CT molecular complexity index is 236. The van der Waals surface area contributed by atoms with Crippen LogP contribution in [-0.4, -0.2) is 56.2 Å². The van der Waals surface area contributed by atoms with Crippen LogP contribution < -0.4 is 11.1 Å². The fourth-order valence-electron chi connectivity index (χ4n) is 2.35. The van der Waals surface area contributed by atoms with E-state index in [4.69, 9.17) is 10.5 Å². The molecule has 0 aromatic carbocycles. The number of nitrogens with one attached hydrogen (secondary N) is 1. The summed E-state index contributed by atoms with van der Waals surface area (Å²) >= 11 is 0. The molecule has 0 spiro atoms. The van der Waals surface area contributed by atoms with Gasteiger partial charge in [0.25, 0.3) is 0 Å². The molecule has 0 aromatic heterocycles. The van der Waals surface area contributed by atoms with Gasteiger partial charge in [-0.2, -0.15) is 0 Å². The highest BCUT2D eigenvalue weighted by atomic mass is 16.5.